The maximum Gasteiger partial charge on any atom is 0.326 e. The topological polar surface area (TPSA) is 131 Å². The standard InChI is InChI=1S/C13H17N3O5/c1-13(2,16-6-4-3-5-10(16)18)12(21)15-8(11(19)20)7-9(14)17/h3-6,8H,7H2,1-2H3,(H2,14,17)(H,15,21)(H,19,20). The molecule has 114 valence electrons. The average molecular weight is 295 g/mol. The van der Waals surface area contributed by atoms with Gasteiger partial charge in [0.25, 0.3) is 5.56 Å². The summed E-state index contributed by atoms with van der Waals surface area (Å²) in [7, 11) is 0. The Labute approximate surface area is 120 Å². The second-order valence-electron chi connectivity index (χ2n) is 5.00. The van der Waals surface area contributed by atoms with E-state index < -0.39 is 41.3 Å². The van der Waals surface area contributed by atoms with Gasteiger partial charge in [-0.15, -0.1) is 0 Å². The van der Waals surface area contributed by atoms with E-state index in [1.54, 1.807) is 6.07 Å². The van der Waals surface area contributed by atoms with Gasteiger partial charge in [-0.25, -0.2) is 4.79 Å². The number of hydrogen-bond donors (Lipinski definition) is 3. The van der Waals surface area contributed by atoms with Crippen molar-refractivity contribution in [2.45, 2.75) is 31.8 Å². The number of nitrogens with one attached hydrogen (secondary N) is 1. The van der Waals surface area contributed by atoms with Crippen molar-refractivity contribution in [2.24, 2.45) is 5.73 Å². The number of nitrogens with zero attached hydrogens (tertiary/aromatic N) is 1. The molecule has 1 unspecified atom stereocenters. The number of primary amides is 1. The van der Waals surface area contributed by atoms with E-state index >= 15 is 0 Å². The van der Waals surface area contributed by atoms with Crippen molar-refractivity contribution in [3.05, 3.63) is 34.7 Å². The van der Waals surface area contributed by atoms with Crippen molar-refractivity contribution in [1.29, 1.82) is 0 Å². The highest BCUT2D eigenvalue weighted by Gasteiger charge is 2.33. The predicted octanol–water partition coefficient (Wildman–Crippen LogP) is -0.972. The zero-order valence-electron chi connectivity index (χ0n) is 11.7. The molecular weight excluding hydrogens is 278 g/mol. The molecule has 1 rings (SSSR count). The normalized spacial score (nSPS) is 12.5. The first-order chi connectivity index (χ1) is 9.66. The van der Waals surface area contributed by atoms with Crippen LogP contribution >= 0.6 is 0 Å². The predicted molar refractivity (Wildman–Crippen MR) is 73.4 cm³/mol. The molecule has 1 heterocycles. The van der Waals surface area contributed by atoms with Crippen LogP contribution in [0.2, 0.25) is 0 Å². The zero-order valence-corrected chi connectivity index (χ0v) is 11.7. The van der Waals surface area contributed by atoms with Crippen molar-refractivity contribution in [3.8, 4) is 0 Å². The summed E-state index contributed by atoms with van der Waals surface area (Å²) in [5, 5.41) is 11.2. The molecule has 21 heavy (non-hydrogen) atoms. The highest BCUT2D eigenvalue weighted by atomic mass is 16.4. The summed E-state index contributed by atoms with van der Waals surface area (Å²) in [5.41, 5.74) is 3.22. The Balaban J connectivity index is 3.01. The first-order valence-corrected chi connectivity index (χ1v) is 6.16. The molecule has 4 N–H and O–H groups in total. The van der Waals surface area contributed by atoms with Crippen LogP contribution in [-0.2, 0) is 19.9 Å². The van der Waals surface area contributed by atoms with Gasteiger partial charge in [-0.1, -0.05) is 6.07 Å². The second kappa shape index (κ2) is 6.21. The third-order valence-corrected chi connectivity index (χ3v) is 2.99. The Morgan fingerprint density at radius 2 is 2.00 bits per heavy atom. The van der Waals surface area contributed by atoms with Crippen molar-refractivity contribution in [1.82, 2.24) is 9.88 Å². The summed E-state index contributed by atoms with van der Waals surface area (Å²) in [6, 6.07) is 2.95. The van der Waals surface area contributed by atoms with Gasteiger partial charge in [0.15, 0.2) is 0 Å². The number of hydrogen-bond acceptors (Lipinski definition) is 4. The lowest BCUT2D eigenvalue weighted by Gasteiger charge is -2.27. The van der Waals surface area contributed by atoms with Crippen molar-refractivity contribution >= 4 is 17.8 Å². The average Bonchev–Trinajstić information content (AvgIpc) is 2.37. The van der Waals surface area contributed by atoms with E-state index in [2.05, 4.69) is 5.32 Å². The molecule has 8 heteroatoms. The molecule has 2 amide bonds. The van der Waals surface area contributed by atoms with Gasteiger partial charge in [0.2, 0.25) is 11.8 Å². The van der Waals surface area contributed by atoms with Gasteiger partial charge in [-0.3, -0.25) is 14.4 Å². The molecule has 0 radical (unpaired) electrons. The van der Waals surface area contributed by atoms with Crippen LogP contribution in [0.1, 0.15) is 20.3 Å². The van der Waals surface area contributed by atoms with E-state index in [9.17, 15) is 19.2 Å². The maximum absolute atomic E-state index is 12.2. The van der Waals surface area contributed by atoms with Gasteiger partial charge in [-0.2, -0.15) is 0 Å². The minimum Gasteiger partial charge on any atom is -0.480 e. The lowest BCUT2D eigenvalue weighted by Crippen LogP contribution is -2.53. The van der Waals surface area contributed by atoms with Crippen LogP contribution < -0.4 is 16.6 Å². The summed E-state index contributed by atoms with van der Waals surface area (Å²) < 4.78 is 1.17. The van der Waals surface area contributed by atoms with Gasteiger partial charge in [0.05, 0.1) is 6.42 Å². The third kappa shape index (κ3) is 3.91. The maximum atomic E-state index is 12.2. The highest BCUT2D eigenvalue weighted by Crippen LogP contribution is 2.13. The lowest BCUT2D eigenvalue weighted by molar-refractivity contribution is -0.144. The van der Waals surface area contributed by atoms with Crippen molar-refractivity contribution < 1.29 is 19.5 Å². The number of rotatable bonds is 6. The quantitative estimate of drug-likeness (QED) is 0.621. The zero-order chi connectivity index (χ0) is 16.2. The van der Waals surface area contributed by atoms with E-state index in [1.807, 2.05) is 0 Å². The molecule has 1 aromatic heterocycles. The lowest BCUT2D eigenvalue weighted by atomic mass is 10.0. The minimum absolute atomic E-state index is 0.403. The van der Waals surface area contributed by atoms with Crippen molar-refractivity contribution in [3.63, 3.8) is 0 Å². The van der Waals surface area contributed by atoms with Gasteiger partial charge >= 0.3 is 5.97 Å². The Bertz CT molecular complexity index is 620. The molecule has 8 nitrogen and oxygen atoms in total. The summed E-state index contributed by atoms with van der Waals surface area (Å²) in [6.07, 6.45) is 0.895. The monoisotopic (exact) mass is 295 g/mol. The summed E-state index contributed by atoms with van der Waals surface area (Å²) in [4.78, 5) is 45.8. The van der Waals surface area contributed by atoms with E-state index in [1.165, 1.54) is 36.7 Å². The first kappa shape index (κ1) is 16.4. The molecule has 1 aromatic rings. The largest absolute Gasteiger partial charge is 0.480 e. The Morgan fingerprint density at radius 1 is 1.38 bits per heavy atom. The summed E-state index contributed by atoms with van der Waals surface area (Å²) in [6.45, 7) is 2.93. The molecule has 0 aliphatic carbocycles. The van der Waals surface area contributed by atoms with Crippen LogP contribution in [0.3, 0.4) is 0 Å². The molecule has 0 aliphatic rings. The number of carboxylic acid groups (broad SMARTS) is 1. The Morgan fingerprint density at radius 3 is 2.48 bits per heavy atom. The van der Waals surface area contributed by atoms with Crippen LogP contribution in [0, 0.1) is 0 Å². The molecule has 0 saturated heterocycles. The van der Waals surface area contributed by atoms with Crippen LogP contribution in [0.15, 0.2) is 29.2 Å². The van der Waals surface area contributed by atoms with E-state index in [0.29, 0.717) is 0 Å². The van der Waals surface area contributed by atoms with Crippen LogP contribution in [-0.4, -0.2) is 33.5 Å². The van der Waals surface area contributed by atoms with Crippen LogP contribution in [0.4, 0.5) is 0 Å². The number of carbonyl (C=O) groups excluding carboxylic acids is 2. The fourth-order valence-corrected chi connectivity index (χ4v) is 1.73. The smallest absolute Gasteiger partial charge is 0.326 e. The Kier molecular flexibility index (Phi) is 4.85. The van der Waals surface area contributed by atoms with Crippen LogP contribution in [0.25, 0.3) is 0 Å². The van der Waals surface area contributed by atoms with E-state index in [-0.39, 0.29) is 0 Å². The second-order valence-corrected chi connectivity index (χ2v) is 5.00. The van der Waals surface area contributed by atoms with E-state index in [0.717, 1.165) is 0 Å². The number of carbonyl (C=O) groups is 3. The number of nitrogens with two attached hydrogens (primary N) is 1. The number of carboxylic acids is 1. The first-order valence-electron chi connectivity index (χ1n) is 6.16. The van der Waals surface area contributed by atoms with Gasteiger partial charge in [0, 0.05) is 12.3 Å². The summed E-state index contributed by atoms with van der Waals surface area (Å²) >= 11 is 0. The molecule has 0 fully saturated rings. The minimum atomic E-state index is -1.44. The Hall–Kier alpha value is -2.64. The molecular formula is C13H17N3O5. The van der Waals surface area contributed by atoms with Gasteiger partial charge in [0.1, 0.15) is 11.6 Å². The number of amides is 2. The molecule has 0 spiro atoms. The molecule has 0 aliphatic heterocycles. The fourth-order valence-electron chi connectivity index (χ4n) is 1.73. The summed E-state index contributed by atoms with van der Waals surface area (Å²) in [5.74, 6) is -2.93. The van der Waals surface area contributed by atoms with E-state index in [4.69, 9.17) is 10.8 Å². The van der Waals surface area contributed by atoms with Gasteiger partial charge in [-0.05, 0) is 19.9 Å². The SMILES string of the molecule is CC(C)(C(=O)NC(CC(N)=O)C(=O)O)n1ccccc1=O. The number of aromatic nitrogens is 1. The molecule has 0 aromatic carbocycles. The molecule has 1 atom stereocenters. The molecule has 0 saturated carbocycles. The third-order valence-electron chi connectivity index (χ3n) is 2.99. The van der Waals surface area contributed by atoms with Gasteiger partial charge < -0.3 is 20.7 Å². The number of pyridine rings is 1. The van der Waals surface area contributed by atoms with Crippen molar-refractivity contribution in [2.75, 3.05) is 0 Å². The van der Waals surface area contributed by atoms with Crippen LogP contribution in [0.5, 0.6) is 0 Å². The molecule has 0 bridgehead atoms. The number of aliphatic carboxylic acids is 1. The fraction of sp³-hybridized carbons (Fsp3) is 0.385. The highest BCUT2D eigenvalue weighted by molar-refractivity contribution is 5.90.